The number of carbonyl (C=O) groups excluding carboxylic acids is 1. The van der Waals surface area contributed by atoms with Gasteiger partial charge in [0.15, 0.2) is 5.82 Å². The highest BCUT2D eigenvalue weighted by Crippen LogP contribution is 2.30. The molecule has 1 saturated heterocycles. The molecule has 1 aliphatic heterocycles. The molecular formula is C21H21FN8O. The number of primary amides is 1. The lowest BCUT2D eigenvalue weighted by Crippen LogP contribution is -2.41. The Morgan fingerprint density at radius 1 is 1.32 bits per heavy atom. The van der Waals surface area contributed by atoms with Gasteiger partial charge in [0.1, 0.15) is 11.4 Å². The quantitative estimate of drug-likeness (QED) is 0.626. The van der Waals surface area contributed by atoms with Crippen LogP contribution in [0.2, 0.25) is 0 Å². The van der Waals surface area contributed by atoms with Gasteiger partial charge in [0.25, 0.3) is 5.91 Å². The third-order valence-electron chi connectivity index (χ3n) is 5.28. The number of piperidine rings is 1. The molecule has 31 heavy (non-hydrogen) atoms. The van der Waals surface area contributed by atoms with Crippen LogP contribution < -0.4 is 11.1 Å². The number of nitrogens with two attached hydrogens (primary N) is 1. The van der Waals surface area contributed by atoms with Crippen molar-refractivity contribution in [2.75, 3.05) is 18.4 Å². The number of rotatable bonds is 6. The summed E-state index contributed by atoms with van der Waals surface area (Å²) in [6.45, 7) is 1.91. The van der Waals surface area contributed by atoms with Gasteiger partial charge in [-0.3, -0.25) is 24.3 Å². The Bertz CT molecular complexity index is 1090. The van der Waals surface area contributed by atoms with Crippen LogP contribution >= 0.6 is 0 Å². The number of nitrogens with one attached hydrogen (secondary N) is 1. The van der Waals surface area contributed by atoms with E-state index in [4.69, 9.17) is 5.73 Å². The van der Waals surface area contributed by atoms with Gasteiger partial charge >= 0.3 is 0 Å². The van der Waals surface area contributed by atoms with Crippen LogP contribution in [0.25, 0.3) is 0 Å². The summed E-state index contributed by atoms with van der Waals surface area (Å²) in [5.74, 6) is -1.01. The van der Waals surface area contributed by atoms with Crippen LogP contribution in [0.15, 0.2) is 49.1 Å². The minimum Gasteiger partial charge on any atom is -0.365 e. The highest BCUT2D eigenvalue weighted by Gasteiger charge is 2.32. The number of carbonyl (C=O) groups is 1. The summed E-state index contributed by atoms with van der Waals surface area (Å²) in [4.78, 5) is 22.6. The van der Waals surface area contributed by atoms with Crippen LogP contribution in [-0.2, 0) is 6.54 Å². The van der Waals surface area contributed by atoms with Crippen molar-refractivity contribution in [1.82, 2.24) is 24.6 Å². The third-order valence-corrected chi connectivity index (χ3v) is 5.28. The third kappa shape index (κ3) is 4.67. The van der Waals surface area contributed by atoms with E-state index in [0.717, 1.165) is 12.2 Å². The van der Waals surface area contributed by atoms with Gasteiger partial charge in [0, 0.05) is 43.6 Å². The molecule has 2 aromatic heterocycles. The number of anilines is 2. The average molecular weight is 420 g/mol. The highest BCUT2D eigenvalue weighted by atomic mass is 19.1. The van der Waals surface area contributed by atoms with Crippen LogP contribution in [0.5, 0.6) is 0 Å². The van der Waals surface area contributed by atoms with Gasteiger partial charge in [0.05, 0.1) is 23.7 Å². The van der Waals surface area contributed by atoms with Gasteiger partial charge in [-0.25, -0.2) is 4.39 Å². The molecule has 158 valence electrons. The maximum atomic E-state index is 13.2. The van der Waals surface area contributed by atoms with E-state index in [1.165, 1.54) is 12.1 Å². The first-order valence-corrected chi connectivity index (χ1v) is 9.82. The molecule has 0 bridgehead atoms. The standard InChI is InChI=1S/C21H21FN8O/c22-15-1-3-16(4-2-15)27-21-18(20(24)31)12-30(28-21)19-13-29(8-5-14(19)9-23)11-17-10-25-6-7-26-17/h1-4,6-7,10,12,14,19H,5,8,11,13H2,(H2,24,31)(H,27,28). The number of hydrogen-bond acceptors (Lipinski definition) is 7. The van der Waals surface area contributed by atoms with Gasteiger partial charge in [-0.05, 0) is 37.2 Å². The molecule has 0 spiro atoms. The fourth-order valence-electron chi connectivity index (χ4n) is 3.70. The van der Waals surface area contributed by atoms with E-state index in [-0.39, 0.29) is 29.2 Å². The molecular weight excluding hydrogens is 399 g/mol. The van der Waals surface area contributed by atoms with Gasteiger partial charge < -0.3 is 11.1 Å². The van der Waals surface area contributed by atoms with Crippen LogP contribution in [0.1, 0.15) is 28.5 Å². The smallest absolute Gasteiger partial charge is 0.254 e. The topological polar surface area (TPSA) is 126 Å². The van der Waals surface area contributed by atoms with E-state index in [9.17, 15) is 14.4 Å². The second-order valence-electron chi connectivity index (χ2n) is 7.39. The molecule has 3 N–H and O–H groups in total. The van der Waals surface area contributed by atoms with Gasteiger partial charge in [0.2, 0.25) is 0 Å². The van der Waals surface area contributed by atoms with Crippen molar-refractivity contribution < 1.29 is 9.18 Å². The maximum absolute atomic E-state index is 13.2. The average Bonchev–Trinajstić information content (AvgIpc) is 3.20. The second-order valence-corrected chi connectivity index (χ2v) is 7.39. The van der Waals surface area contributed by atoms with Gasteiger partial charge in [-0.2, -0.15) is 10.4 Å². The van der Waals surface area contributed by atoms with E-state index in [2.05, 4.69) is 31.4 Å². The molecule has 0 radical (unpaired) electrons. The molecule has 2 unspecified atom stereocenters. The molecule has 1 fully saturated rings. The number of halogens is 1. The summed E-state index contributed by atoms with van der Waals surface area (Å²) in [5, 5.41) is 17.2. The Kier molecular flexibility index (Phi) is 5.86. The Morgan fingerprint density at radius 2 is 2.13 bits per heavy atom. The van der Waals surface area contributed by atoms with Crippen LogP contribution in [0.4, 0.5) is 15.9 Å². The number of hydrogen-bond donors (Lipinski definition) is 2. The molecule has 0 saturated carbocycles. The van der Waals surface area contributed by atoms with Crippen LogP contribution in [0, 0.1) is 23.1 Å². The lowest BCUT2D eigenvalue weighted by Gasteiger charge is -2.35. The van der Waals surface area contributed by atoms with Crippen molar-refractivity contribution in [3.8, 4) is 6.07 Å². The number of aromatic nitrogens is 4. The van der Waals surface area contributed by atoms with Crippen molar-refractivity contribution in [1.29, 1.82) is 5.26 Å². The molecule has 10 heteroatoms. The molecule has 1 aliphatic rings. The molecule has 4 rings (SSSR count). The van der Waals surface area contributed by atoms with Crippen LogP contribution in [-0.4, -0.2) is 43.6 Å². The van der Waals surface area contributed by atoms with E-state index in [1.807, 2.05) is 0 Å². The Balaban J connectivity index is 1.59. The second kappa shape index (κ2) is 8.89. The normalized spacial score (nSPS) is 19.0. The summed E-state index contributed by atoms with van der Waals surface area (Å²) in [7, 11) is 0. The summed E-state index contributed by atoms with van der Waals surface area (Å²) in [5.41, 5.74) is 7.16. The summed E-state index contributed by atoms with van der Waals surface area (Å²) in [6, 6.07) is 7.79. The Labute approximate surface area is 178 Å². The SMILES string of the molecule is N#CC1CCN(Cc2cnccn2)CC1n1cc(C(N)=O)c(Nc2ccc(F)cc2)n1. The molecule has 1 amide bonds. The fourth-order valence-corrected chi connectivity index (χ4v) is 3.70. The van der Waals surface area contributed by atoms with Crippen molar-refractivity contribution in [2.45, 2.75) is 19.0 Å². The van der Waals surface area contributed by atoms with Crippen molar-refractivity contribution in [2.24, 2.45) is 11.7 Å². The van der Waals surface area contributed by atoms with Crippen molar-refractivity contribution in [3.63, 3.8) is 0 Å². The number of nitrogens with zero attached hydrogens (tertiary/aromatic N) is 6. The number of likely N-dealkylation sites (tertiary alicyclic amines) is 1. The molecule has 0 aliphatic carbocycles. The fraction of sp³-hybridized carbons (Fsp3) is 0.286. The first kappa shape index (κ1) is 20.4. The van der Waals surface area contributed by atoms with Gasteiger partial charge in [-0.1, -0.05) is 0 Å². The zero-order valence-corrected chi connectivity index (χ0v) is 16.6. The minimum atomic E-state index is -0.642. The van der Waals surface area contributed by atoms with E-state index >= 15 is 0 Å². The minimum absolute atomic E-state index is 0.201. The largest absolute Gasteiger partial charge is 0.365 e. The van der Waals surface area contributed by atoms with E-state index < -0.39 is 5.91 Å². The number of benzene rings is 1. The number of amides is 1. The Hall–Kier alpha value is -3.84. The van der Waals surface area contributed by atoms with E-state index in [0.29, 0.717) is 25.2 Å². The summed E-state index contributed by atoms with van der Waals surface area (Å²) >= 11 is 0. The van der Waals surface area contributed by atoms with Crippen molar-refractivity contribution >= 4 is 17.4 Å². The Morgan fingerprint density at radius 3 is 2.81 bits per heavy atom. The van der Waals surface area contributed by atoms with E-state index in [1.54, 1.807) is 41.6 Å². The monoisotopic (exact) mass is 420 g/mol. The molecule has 3 aromatic rings. The zero-order chi connectivity index (χ0) is 21.8. The molecule has 2 atom stereocenters. The highest BCUT2D eigenvalue weighted by molar-refractivity contribution is 5.98. The predicted octanol–water partition coefficient (Wildman–Crippen LogP) is 2.24. The first-order valence-electron chi connectivity index (χ1n) is 9.82. The summed E-state index contributed by atoms with van der Waals surface area (Å²) < 4.78 is 14.8. The predicted molar refractivity (Wildman–Crippen MR) is 110 cm³/mol. The zero-order valence-electron chi connectivity index (χ0n) is 16.6. The number of nitriles is 1. The summed E-state index contributed by atoms with van der Waals surface area (Å²) in [6.07, 6.45) is 7.21. The lowest BCUT2D eigenvalue weighted by atomic mass is 9.93. The maximum Gasteiger partial charge on any atom is 0.254 e. The van der Waals surface area contributed by atoms with Gasteiger partial charge in [-0.15, -0.1) is 0 Å². The first-order chi connectivity index (χ1) is 15.0. The lowest BCUT2D eigenvalue weighted by molar-refractivity contribution is 0.1000. The van der Waals surface area contributed by atoms with Crippen molar-refractivity contribution in [3.05, 3.63) is 66.1 Å². The van der Waals surface area contributed by atoms with Crippen LogP contribution in [0.3, 0.4) is 0 Å². The molecule has 3 heterocycles. The molecule has 1 aromatic carbocycles. The molecule has 9 nitrogen and oxygen atoms in total.